The molecule has 4 nitrogen and oxygen atoms in total. The van der Waals surface area contributed by atoms with E-state index in [1.807, 2.05) is 0 Å². The second kappa shape index (κ2) is 5.85. The Kier molecular flexibility index (Phi) is 5.01. The lowest BCUT2D eigenvalue weighted by atomic mass is 10.7. The first kappa shape index (κ1) is 6.85. The van der Waals surface area contributed by atoms with Crippen LogP contribution in [0, 0.1) is 0 Å². The number of oxime groups is 1. The zero-order chi connectivity index (χ0) is 6.24. The second-order valence-corrected chi connectivity index (χ2v) is 0.903. The Morgan fingerprint density at radius 3 is 3.12 bits per heavy atom. The Balaban J connectivity index is 3.15. The van der Waals surface area contributed by atoms with Crippen LogP contribution in [0.2, 0.25) is 0 Å². The Morgan fingerprint density at radius 1 is 1.88 bits per heavy atom. The number of nitrogens with zero attached hydrogens (tertiary/aromatic N) is 2. The maximum Gasteiger partial charge on any atom is 0.235 e. The smallest absolute Gasteiger partial charge is 0.235 e. The lowest BCUT2D eigenvalue weighted by Crippen LogP contribution is -1.79. The molecular weight excluding hydrogens is 108 g/mol. The number of rotatable bonds is 3. The first-order valence-electron chi connectivity index (χ1n) is 2.00. The predicted octanol–water partition coefficient (Wildman–Crippen LogP) is -0.0456. The molecule has 0 atom stereocenters. The summed E-state index contributed by atoms with van der Waals surface area (Å²) in [5.41, 5.74) is 0. The van der Waals surface area contributed by atoms with Crippen LogP contribution in [0.5, 0.6) is 0 Å². The van der Waals surface area contributed by atoms with Crippen molar-refractivity contribution in [2.24, 2.45) is 10.1 Å². The maximum absolute atomic E-state index is 9.37. The monoisotopic (exact) mass is 114 g/mol. The molecule has 8 heavy (non-hydrogen) atoms. The van der Waals surface area contributed by atoms with E-state index in [1.165, 1.54) is 19.4 Å². The first-order chi connectivity index (χ1) is 3.91. The predicted molar refractivity (Wildman–Crippen MR) is 28.5 cm³/mol. The van der Waals surface area contributed by atoms with Crippen molar-refractivity contribution in [3.63, 3.8) is 0 Å². The van der Waals surface area contributed by atoms with Gasteiger partial charge in [0.15, 0.2) is 0 Å². The molecule has 0 fully saturated rings. The summed E-state index contributed by atoms with van der Waals surface area (Å²) in [4.78, 5) is 16.8. The van der Waals surface area contributed by atoms with Crippen LogP contribution in [0.3, 0.4) is 0 Å². The fourth-order valence-electron chi connectivity index (χ4n) is 0.186. The molecule has 0 amide bonds. The third-order valence-electron chi connectivity index (χ3n) is 0.417. The van der Waals surface area contributed by atoms with Gasteiger partial charge in [-0.25, -0.2) is 4.79 Å². The molecule has 0 saturated heterocycles. The van der Waals surface area contributed by atoms with Gasteiger partial charge in [-0.3, -0.25) is 0 Å². The molecule has 0 aliphatic heterocycles. The standard InChI is InChI=1S/C4H6N2O2/c1-8-6-3-2-5-4-7/h3H,2H2,1H3. The van der Waals surface area contributed by atoms with Crippen molar-refractivity contribution in [1.29, 1.82) is 0 Å². The van der Waals surface area contributed by atoms with E-state index in [0.29, 0.717) is 0 Å². The summed E-state index contributed by atoms with van der Waals surface area (Å²) in [6.07, 6.45) is 2.72. The third kappa shape index (κ3) is 4.85. The van der Waals surface area contributed by atoms with Gasteiger partial charge in [0.2, 0.25) is 6.08 Å². The Hall–Kier alpha value is -1.15. The highest BCUT2D eigenvalue weighted by Crippen LogP contribution is 1.63. The molecule has 0 saturated carbocycles. The molecule has 0 heterocycles. The quantitative estimate of drug-likeness (QED) is 0.293. The van der Waals surface area contributed by atoms with Crippen molar-refractivity contribution in [3.8, 4) is 0 Å². The number of aliphatic imine (C=N–C) groups is 1. The molecule has 4 heteroatoms. The van der Waals surface area contributed by atoms with E-state index in [4.69, 9.17) is 0 Å². The van der Waals surface area contributed by atoms with Gasteiger partial charge >= 0.3 is 0 Å². The fourth-order valence-corrected chi connectivity index (χ4v) is 0.186. The summed E-state index contributed by atoms with van der Waals surface area (Å²) in [6.45, 7) is 0.233. The van der Waals surface area contributed by atoms with E-state index in [9.17, 15) is 4.79 Å². The molecular formula is C4H6N2O2. The minimum absolute atomic E-state index is 0.233. The Bertz CT molecular complexity index is 115. The highest BCUT2D eigenvalue weighted by atomic mass is 16.6. The van der Waals surface area contributed by atoms with Crippen molar-refractivity contribution in [3.05, 3.63) is 0 Å². The number of isocyanates is 1. The van der Waals surface area contributed by atoms with Crippen LogP contribution < -0.4 is 0 Å². The number of carbonyl (C=O) groups excluding carboxylic acids is 1. The second-order valence-electron chi connectivity index (χ2n) is 0.903. The normalized spacial score (nSPS) is 8.62. The average molecular weight is 114 g/mol. The number of hydrogen-bond acceptors (Lipinski definition) is 4. The van der Waals surface area contributed by atoms with Gasteiger partial charge in [-0.2, -0.15) is 4.99 Å². The van der Waals surface area contributed by atoms with Gasteiger partial charge in [-0.1, -0.05) is 5.16 Å². The molecule has 0 aromatic carbocycles. The molecule has 0 unspecified atom stereocenters. The number of hydrogen-bond donors (Lipinski definition) is 0. The Morgan fingerprint density at radius 2 is 2.62 bits per heavy atom. The molecule has 0 rings (SSSR count). The molecule has 0 aliphatic carbocycles. The largest absolute Gasteiger partial charge is 0.399 e. The van der Waals surface area contributed by atoms with Gasteiger partial charge in [-0.05, 0) is 0 Å². The van der Waals surface area contributed by atoms with E-state index in [-0.39, 0.29) is 6.54 Å². The van der Waals surface area contributed by atoms with Crippen molar-refractivity contribution in [1.82, 2.24) is 0 Å². The molecule has 0 spiro atoms. The van der Waals surface area contributed by atoms with Crippen LogP contribution in [0.1, 0.15) is 0 Å². The highest BCUT2D eigenvalue weighted by molar-refractivity contribution is 5.60. The van der Waals surface area contributed by atoms with E-state index in [0.717, 1.165) is 0 Å². The minimum Gasteiger partial charge on any atom is -0.399 e. The lowest BCUT2D eigenvalue weighted by Gasteiger charge is -1.79. The van der Waals surface area contributed by atoms with Crippen molar-refractivity contribution >= 4 is 12.3 Å². The van der Waals surface area contributed by atoms with Crippen LogP contribution in [-0.2, 0) is 9.63 Å². The van der Waals surface area contributed by atoms with Crippen LogP contribution in [0.4, 0.5) is 0 Å². The van der Waals surface area contributed by atoms with E-state index in [1.54, 1.807) is 0 Å². The van der Waals surface area contributed by atoms with Crippen LogP contribution in [0.15, 0.2) is 10.1 Å². The molecule has 0 radical (unpaired) electrons. The Labute approximate surface area is 46.9 Å². The van der Waals surface area contributed by atoms with Gasteiger partial charge in [0.05, 0.1) is 12.8 Å². The van der Waals surface area contributed by atoms with Gasteiger partial charge < -0.3 is 4.84 Å². The van der Waals surface area contributed by atoms with E-state index < -0.39 is 0 Å². The van der Waals surface area contributed by atoms with Gasteiger partial charge in [0.1, 0.15) is 7.11 Å². The van der Waals surface area contributed by atoms with Crippen molar-refractivity contribution in [2.75, 3.05) is 13.7 Å². The third-order valence-corrected chi connectivity index (χ3v) is 0.417. The molecule has 0 aliphatic rings. The molecule has 0 bridgehead atoms. The van der Waals surface area contributed by atoms with Gasteiger partial charge in [0.25, 0.3) is 0 Å². The maximum atomic E-state index is 9.37. The summed E-state index contributed by atoms with van der Waals surface area (Å²) in [6, 6.07) is 0. The van der Waals surface area contributed by atoms with Crippen LogP contribution in [-0.4, -0.2) is 25.9 Å². The van der Waals surface area contributed by atoms with E-state index >= 15 is 0 Å². The molecule has 0 aromatic rings. The zero-order valence-electron chi connectivity index (χ0n) is 4.50. The van der Waals surface area contributed by atoms with Gasteiger partial charge in [0, 0.05) is 0 Å². The summed E-state index contributed by atoms with van der Waals surface area (Å²) >= 11 is 0. The summed E-state index contributed by atoms with van der Waals surface area (Å²) in [5, 5.41) is 3.31. The molecule has 44 valence electrons. The van der Waals surface area contributed by atoms with Gasteiger partial charge in [-0.15, -0.1) is 0 Å². The van der Waals surface area contributed by atoms with E-state index in [2.05, 4.69) is 15.0 Å². The van der Waals surface area contributed by atoms with Crippen molar-refractivity contribution < 1.29 is 9.63 Å². The average Bonchev–Trinajstić information content (AvgIpc) is 1.81. The van der Waals surface area contributed by atoms with Crippen LogP contribution in [0.25, 0.3) is 0 Å². The van der Waals surface area contributed by atoms with Crippen LogP contribution >= 0.6 is 0 Å². The summed E-state index contributed by atoms with van der Waals surface area (Å²) in [5.74, 6) is 0. The summed E-state index contributed by atoms with van der Waals surface area (Å²) in [7, 11) is 1.42. The summed E-state index contributed by atoms with van der Waals surface area (Å²) < 4.78 is 0. The molecule has 0 aromatic heterocycles. The highest BCUT2D eigenvalue weighted by Gasteiger charge is 1.67. The minimum atomic E-state index is 0.233. The fraction of sp³-hybridized carbons (Fsp3) is 0.500. The SMILES string of the molecule is CON=CCN=C=O. The van der Waals surface area contributed by atoms with Crippen molar-refractivity contribution in [2.45, 2.75) is 0 Å². The zero-order valence-corrected chi connectivity index (χ0v) is 4.50. The first-order valence-corrected chi connectivity index (χ1v) is 2.00. The lowest BCUT2D eigenvalue weighted by molar-refractivity contribution is 0.215. The topological polar surface area (TPSA) is 51.0 Å². The molecule has 0 N–H and O–H groups in total.